The van der Waals surface area contributed by atoms with E-state index >= 15 is 0 Å². The molecule has 6 rings (SSSR count). The third kappa shape index (κ3) is 4.07. The quantitative estimate of drug-likeness (QED) is 0.578. The lowest BCUT2D eigenvalue weighted by Crippen LogP contribution is -2.64. The summed E-state index contributed by atoms with van der Waals surface area (Å²) in [6.45, 7) is 8.01. The van der Waals surface area contributed by atoms with Crippen LogP contribution in [0, 0.1) is 0 Å². The number of aromatic nitrogens is 3. The molecule has 32 heavy (non-hydrogen) atoms. The fraction of sp³-hybridized carbons (Fsp3) is 0.458. The minimum atomic E-state index is -0.482. The normalized spacial score (nSPS) is 21.3. The number of nitrogens with zero attached hydrogens (tertiary/aromatic N) is 5. The standard InChI is InChI=1S/C24H28ClN5O2/c1-24(2,3)32-23(31)30-14-17-8-9-18(30)13-28(17)15-20-22(19-10-7-16(25)12-26-19)27-21-6-4-5-11-29(20)21/h4-7,10-12,17-18H,8-9,13-15H2,1-3H3. The molecule has 3 aromatic heterocycles. The summed E-state index contributed by atoms with van der Waals surface area (Å²) in [5, 5.41) is 0.606. The number of fused-ring (bicyclic) bond motifs is 4. The number of halogens is 1. The minimum Gasteiger partial charge on any atom is -0.444 e. The van der Waals surface area contributed by atoms with Crippen molar-refractivity contribution in [1.82, 2.24) is 24.2 Å². The van der Waals surface area contributed by atoms with Gasteiger partial charge in [0.2, 0.25) is 0 Å². The summed E-state index contributed by atoms with van der Waals surface area (Å²) in [6.07, 6.45) is 5.60. The molecule has 1 amide bonds. The van der Waals surface area contributed by atoms with E-state index in [0.717, 1.165) is 48.7 Å². The first-order chi connectivity index (χ1) is 15.3. The second-order valence-corrected chi connectivity index (χ2v) is 10.1. The van der Waals surface area contributed by atoms with Crippen LogP contribution in [0.5, 0.6) is 0 Å². The molecule has 3 aliphatic heterocycles. The number of rotatable bonds is 3. The first-order valence-corrected chi connectivity index (χ1v) is 11.5. The average Bonchev–Trinajstić information content (AvgIpc) is 3.12. The number of carbonyl (C=O) groups excluding carboxylic acids is 1. The monoisotopic (exact) mass is 453 g/mol. The Morgan fingerprint density at radius 1 is 1.16 bits per heavy atom. The molecule has 2 atom stereocenters. The van der Waals surface area contributed by atoms with Crippen molar-refractivity contribution in [1.29, 1.82) is 0 Å². The molecular formula is C24H28ClN5O2. The number of pyridine rings is 2. The third-order valence-electron chi connectivity index (χ3n) is 6.22. The first-order valence-electron chi connectivity index (χ1n) is 11.1. The second-order valence-electron chi connectivity index (χ2n) is 9.64. The van der Waals surface area contributed by atoms with Gasteiger partial charge in [0.05, 0.1) is 16.4 Å². The maximum atomic E-state index is 12.7. The van der Waals surface area contributed by atoms with Crippen LogP contribution in [-0.2, 0) is 11.3 Å². The minimum absolute atomic E-state index is 0.172. The van der Waals surface area contributed by atoms with Crippen molar-refractivity contribution in [2.75, 3.05) is 13.1 Å². The Bertz CT molecular complexity index is 1140. The van der Waals surface area contributed by atoms with E-state index < -0.39 is 5.60 Å². The summed E-state index contributed by atoms with van der Waals surface area (Å²) in [5.74, 6) is 0. The maximum absolute atomic E-state index is 12.7. The number of ether oxygens (including phenoxy) is 1. The molecule has 168 valence electrons. The zero-order chi connectivity index (χ0) is 22.5. The highest BCUT2D eigenvalue weighted by molar-refractivity contribution is 6.30. The molecule has 8 heteroatoms. The molecule has 3 saturated heterocycles. The van der Waals surface area contributed by atoms with Crippen LogP contribution in [0.15, 0.2) is 42.7 Å². The molecule has 6 heterocycles. The van der Waals surface area contributed by atoms with Gasteiger partial charge in [-0.3, -0.25) is 9.88 Å². The van der Waals surface area contributed by atoms with Gasteiger partial charge < -0.3 is 14.0 Å². The van der Waals surface area contributed by atoms with Crippen molar-refractivity contribution in [2.45, 2.75) is 57.8 Å². The van der Waals surface area contributed by atoms with Gasteiger partial charge in [-0.05, 0) is 57.9 Å². The Hall–Kier alpha value is -2.64. The highest BCUT2D eigenvalue weighted by atomic mass is 35.5. The summed E-state index contributed by atoms with van der Waals surface area (Å²) in [7, 11) is 0. The summed E-state index contributed by atoms with van der Waals surface area (Å²) in [6, 6.07) is 10.3. The summed E-state index contributed by atoms with van der Waals surface area (Å²) in [4.78, 5) is 26.5. The SMILES string of the molecule is CC(C)(C)OC(=O)N1CC2CCC1CN2Cc1c(-c2ccc(Cl)cn2)nc2ccccn12. The Morgan fingerprint density at radius 2 is 1.97 bits per heavy atom. The van der Waals surface area contributed by atoms with Gasteiger partial charge in [0.15, 0.2) is 0 Å². The van der Waals surface area contributed by atoms with Crippen LogP contribution in [0.4, 0.5) is 4.79 Å². The molecule has 0 aliphatic carbocycles. The van der Waals surface area contributed by atoms with E-state index in [0.29, 0.717) is 17.6 Å². The van der Waals surface area contributed by atoms with Gasteiger partial charge >= 0.3 is 6.09 Å². The molecule has 0 radical (unpaired) electrons. The number of imidazole rings is 1. The van der Waals surface area contributed by atoms with Crippen LogP contribution in [0.1, 0.15) is 39.3 Å². The van der Waals surface area contributed by atoms with Crippen LogP contribution in [-0.4, -0.2) is 61.0 Å². The first kappa shape index (κ1) is 21.2. The lowest BCUT2D eigenvalue weighted by atomic mass is 9.91. The predicted molar refractivity (Wildman–Crippen MR) is 124 cm³/mol. The van der Waals surface area contributed by atoms with E-state index in [1.165, 1.54) is 0 Å². The lowest BCUT2D eigenvalue weighted by molar-refractivity contribution is -0.0439. The smallest absolute Gasteiger partial charge is 0.410 e. The fourth-order valence-electron chi connectivity index (χ4n) is 4.76. The van der Waals surface area contributed by atoms with Gasteiger partial charge in [-0.2, -0.15) is 0 Å². The van der Waals surface area contributed by atoms with Gasteiger partial charge in [-0.15, -0.1) is 0 Å². The van der Waals surface area contributed by atoms with E-state index in [4.69, 9.17) is 21.3 Å². The van der Waals surface area contributed by atoms with Crippen molar-refractivity contribution < 1.29 is 9.53 Å². The number of carbonyl (C=O) groups is 1. The topological polar surface area (TPSA) is 63.0 Å². The molecule has 0 spiro atoms. The average molecular weight is 454 g/mol. The number of hydrogen-bond donors (Lipinski definition) is 0. The predicted octanol–water partition coefficient (Wildman–Crippen LogP) is 4.63. The number of piperazine rings is 1. The lowest BCUT2D eigenvalue weighted by Gasteiger charge is -2.51. The van der Waals surface area contributed by atoms with Crippen molar-refractivity contribution >= 4 is 23.3 Å². The van der Waals surface area contributed by atoms with Crippen molar-refractivity contribution in [2.24, 2.45) is 0 Å². The van der Waals surface area contributed by atoms with Crippen LogP contribution < -0.4 is 0 Å². The Balaban J connectivity index is 1.42. The van der Waals surface area contributed by atoms with Crippen LogP contribution in [0.2, 0.25) is 5.02 Å². The van der Waals surface area contributed by atoms with Crippen molar-refractivity contribution in [3.63, 3.8) is 0 Å². The van der Waals surface area contributed by atoms with Crippen molar-refractivity contribution in [3.05, 3.63) is 53.4 Å². The number of amides is 1. The fourth-order valence-corrected chi connectivity index (χ4v) is 4.88. The van der Waals surface area contributed by atoms with E-state index in [-0.39, 0.29) is 12.1 Å². The van der Waals surface area contributed by atoms with Crippen molar-refractivity contribution in [3.8, 4) is 11.4 Å². The molecule has 2 unspecified atom stereocenters. The van der Waals surface area contributed by atoms with Gasteiger partial charge in [-0.1, -0.05) is 17.7 Å². The van der Waals surface area contributed by atoms with E-state index in [1.54, 1.807) is 6.20 Å². The zero-order valence-corrected chi connectivity index (χ0v) is 19.4. The third-order valence-corrected chi connectivity index (χ3v) is 6.45. The Morgan fingerprint density at radius 3 is 2.66 bits per heavy atom. The van der Waals surface area contributed by atoms with Crippen LogP contribution in [0.3, 0.4) is 0 Å². The van der Waals surface area contributed by atoms with E-state index in [1.807, 2.05) is 62.2 Å². The molecule has 0 N–H and O–H groups in total. The molecule has 0 aromatic carbocycles. The highest BCUT2D eigenvalue weighted by Crippen LogP contribution is 2.33. The van der Waals surface area contributed by atoms with Gasteiger partial charge in [0.25, 0.3) is 0 Å². The van der Waals surface area contributed by atoms with Crippen LogP contribution >= 0.6 is 11.6 Å². The Kier molecular flexibility index (Phi) is 5.34. The number of hydrogen-bond acceptors (Lipinski definition) is 5. The van der Waals surface area contributed by atoms with E-state index in [2.05, 4.69) is 14.3 Å². The molecule has 7 nitrogen and oxygen atoms in total. The molecule has 0 saturated carbocycles. The van der Waals surface area contributed by atoms with Gasteiger partial charge in [0, 0.05) is 44.1 Å². The maximum Gasteiger partial charge on any atom is 0.410 e. The van der Waals surface area contributed by atoms with E-state index in [9.17, 15) is 4.79 Å². The second kappa shape index (κ2) is 8.05. The molecule has 2 bridgehead atoms. The summed E-state index contributed by atoms with van der Waals surface area (Å²) < 4.78 is 7.79. The Labute approximate surface area is 193 Å². The van der Waals surface area contributed by atoms with Crippen LogP contribution in [0.25, 0.3) is 17.0 Å². The molecular weight excluding hydrogens is 426 g/mol. The number of piperidine rings is 2. The zero-order valence-electron chi connectivity index (χ0n) is 18.7. The molecule has 3 aliphatic rings. The largest absolute Gasteiger partial charge is 0.444 e. The van der Waals surface area contributed by atoms with Gasteiger partial charge in [0.1, 0.15) is 16.9 Å². The van der Waals surface area contributed by atoms with Gasteiger partial charge in [-0.25, -0.2) is 9.78 Å². The molecule has 3 fully saturated rings. The summed E-state index contributed by atoms with van der Waals surface area (Å²) >= 11 is 6.06. The molecule has 3 aromatic rings. The summed E-state index contributed by atoms with van der Waals surface area (Å²) in [5.41, 5.74) is 3.20. The highest BCUT2D eigenvalue weighted by Gasteiger charge is 2.42.